The summed E-state index contributed by atoms with van der Waals surface area (Å²) < 4.78 is 57.5. The van der Waals surface area contributed by atoms with E-state index in [1.54, 1.807) is 6.20 Å². The lowest BCUT2D eigenvalue weighted by molar-refractivity contribution is -0.954. The molecule has 2 aliphatic heterocycles. The molecule has 0 fully saturated rings. The molecule has 0 N–H and O–H groups in total. The minimum absolute atomic E-state index is 0.00657. The van der Waals surface area contributed by atoms with Gasteiger partial charge in [0.15, 0.2) is 12.4 Å². The maximum atomic E-state index is 9.57. The molecule has 0 amide bonds. The Hall–Kier alpha value is -5.58. The molecule has 4 heteroatoms. The zero-order valence-electron chi connectivity index (χ0n) is 36.4. The fraction of sp³-hybridized carbons (Fsp3) is 0.200. The zero-order valence-corrected chi connectivity index (χ0v) is 32.4. The molecule has 5 heterocycles. The van der Waals surface area contributed by atoms with E-state index in [4.69, 9.17) is 8.53 Å². The van der Waals surface area contributed by atoms with E-state index in [9.17, 15) is 2.74 Å². The predicted molar refractivity (Wildman–Crippen MR) is 226 cm³/mol. The van der Waals surface area contributed by atoms with Crippen molar-refractivity contribution in [2.45, 2.75) is 59.3 Å². The van der Waals surface area contributed by atoms with Crippen LogP contribution in [0.4, 0.5) is 0 Å². The zero-order chi connectivity index (χ0) is 41.2. The normalized spacial score (nSPS) is 18.1. The fourth-order valence-electron chi connectivity index (χ4n) is 9.52. The first-order valence-corrected chi connectivity index (χ1v) is 22.4. The molecular weight excluding hydrogens is 673 g/mol. The number of aryl methyl sites for hydroxylation is 1. The Bertz CT molecular complexity index is 3330. The van der Waals surface area contributed by atoms with Gasteiger partial charge in [-0.15, -0.1) is 9.13 Å². The van der Waals surface area contributed by atoms with Gasteiger partial charge in [0.2, 0.25) is 11.4 Å². The van der Waals surface area contributed by atoms with Crippen molar-refractivity contribution < 1.29 is 20.4 Å². The highest BCUT2D eigenvalue weighted by atomic mass is 28.3. The van der Waals surface area contributed by atoms with Crippen LogP contribution in [0, 0.1) is 12.3 Å². The van der Waals surface area contributed by atoms with Crippen LogP contribution in [-0.2, 0) is 12.0 Å². The monoisotopic (exact) mass is 721 g/mol. The van der Waals surface area contributed by atoms with E-state index < -0.39 is 32.4 Å². The van der Waals surface area contributed by atoms with Gasteiger partial charge in [0, 0.05) is 40.5 Å². The number of hydrogen-bond donors (Lipinski definition) is 0. The number of rotatable bonds is 2. The Morgan fingerprint density at radius 2 is 1.30 bits per heavy atom. The van der Waals surface area contributed by atoms with Crippen molar-refractivity contribution in [3.8, 4) is 22.5 Å². The Morgan fingerprint density at radius 1 is 0.648 bits per heavy atom. The summed E-state index contributed by atoms with van der Waals surface area (Å²) in [5.41, 5.74) is 5.35. The number of hydrogen-bond acceptors (Lipinski definition) is 1. The molecule has 0 saturated heterocycles. The second kappa shape index (κ2) is 10.5. The average molecular weight is 722 g/mol. The van der Waals surface area contributed by atoms with Gasteiger partial charge in [-0.2, -0.15) is 0 Å². The molecule has 0 aliphatic carbocycles. The van der Waals surface area contributed by atoms with Crippen molar-refractivity contribution in [2.75, 3.05) is 0 Å². The summed E-state index contributed by atoms with van der Waals surface area (Å²) in [7, 11) is -1.84. The van der Waals surface area contributed by atoms with E-state index in [-0.39, 0.29) is 11.1 Å². The number of aromatic nitrogens is 2. The highest BCUT2D eigenvalue weighted by Gasteiger charge is 2.67. The number of pyridine rings is 2. The first-order valence-electron chi connectivity index (χ1n) is 21.4. The quantitative estimate of drug-likeness (QED) is 0.0989. The van der Waals surface area contributed by atoms with Crippen LogP contribution in [0.25, 0.3) is 76.8 Å². The Kier molecular flexibility index (Phi) is 5.29. The van der Waals surface area contributed by atoms with Crippen molar-refractivity contribution in [1.82, 2.24) is 0 Å². The second-order valence-corrected chi connectivity index (χ2v) is 22.4. The molecule has 0 radical (unpaired) electrons. The third-order valence-electron chi connectivity index (χ3n) is 11.8. The summed E-state index contributed by atoms with van der Waals surface area (Å²) >= 11 is 0. The molecule has 3 nitrogen and oxygen atoms in total. The molecule has 0 bridgehead atoms. The highest BCUT2D eigenvalue weighted by molar-refractivity contribution is 6.88. The van der Waals surface area contributed by atoms with Gasteiger partial charge in [-0.3, -0.25) is 0 Å². The molecule has 3 aromatic heterocycles. The van der Waals surface area contributed by atoms with E-state index in [1.165, 1.54) is 21.3 Å². The van der Waals surface area contributed by atoms with Crippen molar-refractivity contribution in [3.05, 3.63) is 150 Å². The third kappa shape index (κ3) is 4.12. The second-order valence-electron chi connectivity index (χ2n) is 17.3. The van der Waals surface area contributed by atoms with Gasteiger partial charge in [0.1, 0.15) is 27.9 Å². The van der Waals surface area contributed by atoms with E-state index in [2.05, 4.69) is 144 Å². The van der Waals surface area contributed by atoms with Crippen LogP contribution >= 0.6 is 0 Å². The standard InChI is InChI=1S/C50H44N2OSi/c1-30-28-51-45(24-31(30)27-49(2,3)4)47-43(50(51)42-19-13-12-18-38(42)44-23-20-32(29-52(44)50)54(5,6)7)22-21-37-41-25-39-35-16-10-8-14-33(35)34-15-9-11-17-36(34)40(39)26-46(41)53-48(37)47/h8-26,28-29H,27H2,1-7H3/q+2/i1D3,27D2. The molecule has 9 aromatic rings. The molecule has 262 valence electrons. The number of fused-ring (bicyclic) bond motifs is 20. The van der Waals surface area contributed by atoms with Gasteiger partial charge in [-0.1, -0.05) is 107 Å². The van der Waals surface area contributed by atoms with E-state index in [0.29, 0.717) is 5.58 Å². The molecular formula is C50H44N2OSi+2. The fourth-order valence-corrected chi connectivity index (χ4v) is 10.6. The molecule has 1 unspecified atom stereocenters. The van der Waals surface area contributed by atoms with Crippen LogP contribution in [0.15, 0.2) is 132 Å². The number of furan rings is 1. The summed E-state index contributed by atoms with van der Waals surface area (Å²) in [6, 6.07) is 40.7. The van der Waals surface area contributed by atoms with Gasteiger partial charge >= 0.3 is 5.66 Å². The Balaban J connectivity index is 1.33. The molecule has 54 heavy (non-hydrogen) atoms. The van der Waals surface area contributed by atoms with Gasteiger partial charge in [-0.25, -0.2) is 0 Å². The van der Waals surface area contributed by atoms with Crippen molar-refractivity contribution in [1.29, 1.82) is 0 Å². The van der Waals surface area contributed by atoms with Crippen LogP contribution in [0.2, 0.25) is 19.6 Å². The van der Waals surface area contributed by atoms with Crippen LogP contribution in [-0.4, -0.2) is 8.07 Å². The van der Waals surface area contributed by atoms with Gasteiger partial charge in [0.05, 0.1) is 13.6 Å². The summed E-state index contributed by atoms with van der Waals surface area (Å²) in [5, 5.41) is 10.2. The smallest absolute Gasteiger partial charge is 0.417 e. The van der Waals surface area contributed by atoms with Crippen LogP contribution in [0.1, 0.15) is 49.9 Å². The third-order valence-corrected chi connectivity index (χ3v) is 13.9. The number of benzene rings is 6. The summed E-state index contributed by atoms with van der Waals surface area (Å²) in [6.45, 7) is 9.93. The average Bonchev–Trinajstić information content (AvgIpc) is 3.81. The molecule has 6 aromatic carbocycles. The largest absolute Gasteiger partial charge is 0.455 e. The van der Waals surface area contributed by atoms with E-state index >= 15 is 0 Å². The maximum Gasteiger partial charge on any atom is 0.417 e. The van der Waals surface area contributed by atoms with Gasteiger partial charge in [-0.05, 0) is 92.9 Å². The lowest BCUT2D eigenvalue weighted by atomic mass is 9.86. The summed E-state index contributed by atoms with van der Waals surface area (Å²) in [5.74, 6) is 0. The first-order chi connectivity index (χ1) is 27.9. The van der Waals surface area contributed by atoms with E-state index in [0.717, 1.165) is 66.2 Å². The maximum absolute atomic E-state index is 9.57. The SMILES string of the molecule is [2H]C([2H])([2H])c1c[n+]2c(cc1C([2H])([2H])C(C)(C)C)-c1c(ccc3c1oc1cc4c5ccccc5c5ccccc5c4cc13)C21c2ccccc2-c2ccc([Si](C)(C)C)c[n+]21. The van der Waals surface area contributed by atoms with Crippen molar-refractivity contribution in [2.24, 2.45) is 5.41 Å². The lowest BCUT2D eigenvalue weighted by Gasteiger charge is -2.21. The molecule has 2 aliphatic rings. The van der Waals surface area contributed by atoms with Crippen molar-refractivity contribution in [3.63, 3.8) is 0 Å². The Labute approximate surface area is 324 Å². The number of nitrogens with zero attached hydrogens (tertiary/aromatic N) is 2. The summed E-state index contributed by atoms with van der Waals surface area (Å²) in [4.78, 5) is 0. The molecule has 1 spiro atoms. The molecule has 1 atom stereocenters. The lowest BCUT2D eigenvalue weighted by Crippen LogP contribution is -2.72. The first kappa shape index (κ1) is 27.1. The Morgan fingerprint density at radius 3 is 1.98 bits per heavy atom. The van der Waals surface area contributed by atoms with Gasteiger partial charge in [0.25, 0.3) is 0 Å². The predicted octanol–water partition coefficient (Wildman–Crippen LogP) is 11.3. The molecule has 11 rings (SSSR count). The summed E-state index contributed by atoms with van der Waals surface area (Å²) in [6.07, 6.45) is 2.03. The van der Waals surface area contributed by atoms with Crippen LogP contribution in [0.5, 0.6) is 0 Å². The minimum Gasteiger partial charge on any atom is -0.455 e. The highest BCUT2D eigenvalue weighted by Crippen LogP contribution is 2.51. The van der Waals surface area contributed by atoms with E-state index in [1.807, 2.05) is 26.8 Å². The minimum atomic E-state index is -2.60. The molecule has 0 saturated carbocycles. The van der Waals surface area contributed by atoms with Gasteiger partial charge < -0.3 is 4.42 Å². The van der Waals surface area contributed by atoms with Crippen LogP contribution < -0.4 is 14.3 Å². The topological polar surface area (TPSA) is 20.9 Å². The van der Waals surface area contributed by atoms with Crippen molar-refractivity contribution >= 4 is 67.5 Å². The van der Waals surface area contributed by atoms with Crippen LogP contribution in [0.3, 0.4) is 0 Å².